The van der Waals surface area contributed by atoms with E-state index < -0.39 is 23.5 Å². The largest absolute Gasteiger partial charge is 0.493 e. The van der Waals surface area contributed by atoms with Crippen molar-refractivity contribution < 1.29 is 31.8 Å². The number of carbonyl (C=O) groups is 1. The number of alkyl halides is 3. The fourth-order valence-corrected chi connectivity index (χ4v) is 2.20. The molecule has 0 unspecified atom stereocenters. The van der Waals surface area contributed by atoms with Crippen molar-refractivity contribution >= 4 is 11.6 Å². The molecule has 0 aliphatic carbocycles. The van der Waals surface area contributed by atoms with E-state index in [9.17, 15) is 22.4 Å². The number of anilines is 1. The lowest BCUT2D eigenvalue weighted by Crippen LogP contribution is -2.16. The molecule has 0 spiro atoms. The van der Waals surface area contributed by atoms with Crippen LogP contribution in [-0.2, 0) is 17.4 Å². The predicted octanol–water partition coefficient (Wildman–Crippen LogP) is 4.04. The Labute approximate surface area is 141 Å². The third-order valence-corrected chi connectivity index (χ3v) is 3.37. The molecule has 134 valence electrons. The summed E-state index contributed by atoms with van der Waals surface area (Å²) in [4.78, 5) is 12.0. The molecule has 1 amide bonds. The van der Waals surface area contributed by atoms with E-state index in [1.54, 1.807) is 18.2 Å². The van der Waals surface area contributed by atoms with E-state index in [2.05, 4.69) is 5.32 Å². The number of ether oxygens (including phenoxy) is 2. The van der Waals surface area contributed by atoms with Crippen molar-refractivity contribution in [3.63, 3.8) is 0 Å². The Balaban J connectivity index is 2.13. The number of rotatable bonds is 5. The highest BCUT2D eigenvalue weighted by molar-refractivity contribution is 5.92. The molecule has 0 atom stereocenters. The van der Waals surface area contributed by atoms with Gasteiger partial charge in [-0.15, -0.1) is 0 Å². The van der Waals surface area contributed by atoms with Gasteiger partial charge < -0.3 is 14.8 Å². The van der Waals surface area contributed by atoms with E-state index in [4.69, 9.17) is 9.47 Å². The van der Waals surface area contributed by atoms with Crippen LogP contribution in [0.3, 0.4) is 0 Å². The summed E-state index contributed by atoms with van der Waals surface area (Å²) in [6.07, 6.45) is -4.94. The van der Waals surface area contributed by atoms with Gasteiger partial charge in [-0.1, -0.05) is 6.07 Å². The van der Waals surface area contributed by atoms with Crippen LogP contribution in [0.5, 0.6) is 11.5 Å². The summed E-state index contributed by atoms with van der Waals surface area (Å²) in [7, 11) is 2.91. The van der Waals surface area contributed by atoms with Gasteiger partial charge in [0.2, 0.25) is 5.91 Å². The first kappa shape index (κ1) is 18.6. The molecule has 0 saturated carbocycles. The zero-order valence-corrected chi connectivity index (χ0v) is 13.4. The van der Waals surface area contributed by atoms with E-state index in [0.717, 1.165) is 6.07 Å². The minimum atomic E-state index is -4.84. The van der Waals surface area contributed by atoms with Crippen molar-refractivity contribution in [2.24, 2.45) is 0 Å². The quantitative estimate of drug-likeness (QED) is 0.822. The van der Waals surface area contributed by atoms with E-state index >= 15 is 0 Å². The number of amides is 1. The molecule has 0 radical (unpaired) electrons. The van der Waals surface area contributed by atoms with Crippen molar-refractivity contribution in [3.8, 4) is 11.5 Å². The monoisotopic (exact) mass is 357 g/mol. The third kappa shape index (κ3) is 4.62. The number of halogens is 4. The molecule has 0 saturated heterocycles. The second-order valence-corrected chi connectivity index (χ2v) is 5.11. The normalized spacial score (nSPS) is 11.1. The van der Waals surface area contributed by atoms with Gasteiger partial charge in [-0.2, -0.15) is 13.2 Å². The highest BCUT2D eigenvalue weighted by Crippen LogP contribution is 2.33. The Hall–Kier alpha value is -2.77. The van der Waals surface area contributed by atoms with Gasteiger partial charge in [0.1, 0.15) is 5.82 Å². The summed E-state index contributed by atoms with van der Waals surface area (Å²) in [5.74, 6) is -1.04. The zero-order valence-electron chi connectivity index (χ0n) is 13.4. The van der Waals surface area contributed by atoms with Crippen LogP contribution in [0.1, 0.15) is 11.1 Å². The van der Waals surface area contributed by atoms with Gasteiger partial charge in [0.25, 0.3) is 0 Å². The predicted molar refractivity (Wildman–Crippen MR) is 83.3 cm³/mol. The van der Waals surface area contributed by atoms with E-state index in [0.29, 0.717) is 29.2 Å². The summed E-state index contributed by atoms with van der Waals surface area (Å²) in [6, 6.07) is 7.12. The average molecular weight is 357 g/mol. The van der Waals surface area contributed by atoms with Crippen LogP contribution in [-0.4, -0.2) is 20.1 Å². The molecule has 0 aliphatic rings. The van der Waals surface area contributed by atoms with Crippen LogP contribution < -0.4 is 14.8 Å². The minimum absolute atomic E-state index is 0.0981. The fraction of sp³-hybridized carbons (Fsp3) is 0.235. The molecular weight excluding hydrogens is 342 g/mol. The SMILES string of the molecule is COc1ccc(CC(=O)Nc2ccc(F)c(C(F)(F)F)c2)cc1OC. The molecule has 0 aromatic heterocycles. The van der Waals surface area contributed by atoms with Gasteiger partial charge in [0.15, 0.2) is 11.5 Å². The Morgan fingerprint density at radius 1 is 1.04 bits per heavy atom. The molecule has 4 nitrogen and oxygen atoms in total. The molecule has 0 heterocycles. The molecule has 25 heavy (non-hydrogen) atoms. The Morgan fingerprint density at radius 2 is 1.72 bits per heavy atom. The van der Waals surface area contributed by atoms with Crippen molar-refractivity contribution in [2.45, 2.75) is 12.6 Å². The lowest BCUT2D eigenvalue weighted by atomic mass is 10.1. The van der Waals surface area contributed by atoms with E-state index in [1.165, 1.54) is 14.2 Å². The maximum Gasteiger partial charge on any atom is 0.419 e. The fourth-order valence-electron chi connectivity index (χ4n) is 2.20. The molecule has 2 rings (SSSR count). The summed E-state index contributed by atoms with van der Waals surface area (Å²) in [6.45, 7) is 0. The molecule has 2 aromatic carbocycles. The van der Waals surface area contributed by atoms with Crippen LogP contribution in [0.2, 0.25) is 0 Å². The topological polar surface area (TPSA) is 47.6 Å². The molecule has 2 aromatic rings. The maximum atomic E-state index is 13.2. The summed E-state index contributed by atoms with van der Waals surface area (Å²) < 4.78 is 61.5. The number of hydrogen-bond donors (Lipinski definition) is 1. The molecule has 8 heteroatoms. The second kappa shape index (κ2) is 7.42. The third-order valence-electron chi connectivity index (χ3n) is 3.37. The zero-order chi connectivity index (χ0) is 18.6. The maximum absolute atomic E-state index is 13.2. The Morgan fingerprint density at radius 3 is 2.32 bits per heavy atom. The summed E-state index contributed by atoms with van der Waals surface area (Å²) in [5, 5.41) is 2.32. The summed E-state index contributed by atoms with van der Waals surface area (Å²) >= 11 is 0. The highest BCUT2D eigenvalue weighted by atomic mass is 19.4. The Bertz CT molecular complexity index is 775. The first-order valence-corrected chi connectivity index (χ1v) is 7.12. The first-order chi connectivity index (χ1) is 11.7. The number of benzene rings is 2. The number of nitrogens with one attached hydrogen (secondary N) is 1. The number of hydrogen-bond acceptors (Lipinski definition) is 3. The first-order valence-electron chi connectivity index (χ1n) is 7.12. The van der Waals surface area contributed by atoms with Crippen LogP contribution >= 0.6 is 0 Å². The van der Waals surface area contributed by atoms with Crippen LogP contribution in [0.25, 0.3) is 0 Å². The molecule has 0 aliphatic heterocycles. The molecular formula is C17H15F4NO3. The summed E-state index contributed by atoms with van der Waals surface area (Å²) in [5.41, 5.74) is -0.996. The Kier molecular flexibility index (Phi) is 5.51. The van der Waals surface area contributed by atoms with Gasteiger partial charge in [-0.05, 0) is 35.9 Å². The van der Waals surface area contributed by atoms with Gasteiger partial charge in [-0.3, -0.25) is 4.79 Å². The van der Waals surface area contributed by atoms with Gasteiger partial charge in [0, 0.05) is 5.69 Å². The van der Waals surface area contributed by atoms with E-state index in [1.807, 2.05) is 0 Å². The van der Waals surface area contributed by atoms with Crippen molar-refractivity contribution in [1.29, 1.82) is 0 Å². The molecule has 0 bridgehead atoms. The average Bonchev–Trinajstić information content (AvgIpc) is 2.55. The highest BCUT2D eigenvalue weighted by Gasteiger charge is 2.34. The minimum Gasteiger partial charge on any atom is -0.493 e. The van der Waals surface area contributed by atoms with E-state index in [-0.39, 0.29) is 12.1 Å². The lowest BCUT2D eigenvalue weighted by Gasteiger charge is -2.12. The molecule has 0 fully saturated rings. The van der Waals surface area contributed by atoms with Crippen molar-refractivity contribution in [3.05, 3.63) is 53.3 Å². The second-order valence-electron chi connectivity index (χ2n) is 5.11. The van der Waals surface area contributed by atoms with Crippen LogP contribution in [0, 0.1) is 5.82 Å². The van der Waals surface area contributed by atoms with Crippen LogP contribution in [0.15, 0.2) is 36.4 Å². The standard InChI is InChI=1S/C17H15F4NO3/c1-24-14-6-3-10(7-15(14)25-2)8-16(23)22-11-4-5-13(18)12(9-11)17(19,20)21/h3-7,9H,8H2,1-2H3,(H,22,23). The van der Waals surface area contributed by atoms with Gasteiger partial charge in [0.05, 0.1) is 26.2 Å². The van der Waals surface area contributed by atoms with Crippen LogP contribution in [0.4, 0.5) is 23.2 Å². The number of methoxy groups -OCH3 is 2. The van der Waals surface area contributed by atoms with Crippen molar-refractivity contribution in [1.82, 2.24) is 0 Å². The van der Waals surface area contributed by atoms with Gasteiger partial charge >= 0.3 is 6.18 Å². The van der Waals surface area contributed by atoms with Crippen molar-refractivity contribution in [2.75, 3.05) is 19.5 Å². The van der Waals surface area contributed by atoms with Gasteiger partial charge in [-0.25, -0.2) is 4.39 Å². The molecule has 1 N–H and O–H groups in total. The number of carbonyl (C=O) groups excluding carboxylic acids is 1. The smallest absolute Gasteiger partial charge is 0.419 e. The lowest BCUT2D eigenvalue weighted by molar-refractivity contribution is -0.140.